The van der Waals surface area contributed by atoms with E-state index in [0.717, 1.165) is 24.1 Å². The molecule has 0 saturated heterocycles. The second-order valence-corrected chi connectivity index (χ2v) is 3.48. The third kappa shape index (κ3) is 4.66. The molecule has 1 N–H and O–H groups in total. The van der Waals surface area contributed by atoms with Gasteiger partial charge in [0.1, 0.15) is 0 Å². The second kappa shape index (κ2) is 6.53. The fourth-order valence-corrected chi connectivity index (χ4v) is 1.37. The highest BCUT2D eigenvalue weighted by Gasteiger charge is 2.30. The second-order valence-electron chi connectivity index (χ2n) is 3.48. The van der Waals surface area contributed by atoms with E-state index in [0.29, 0.717) is 0 Å². The molecule has 0 aromatic heterocycles. The van der Waals surface area contributed by atoms with E-state index in [1.165, 1.54) is 6.08 Å². The molecule has 16 heavy (non-hydrogen) atoms. The minimum Gasteiger partial charge on any atom is -0.313 e. The molecule has 0 bridgehead atoms. The van der Waals surface area contributed by atoms with Gasteiger partial charge in [-0.15, -0.1) is 0 Å². The van der Waals surface area contributed by atoms with Gasteiger partial charge in [0.05, 0.1) is 5.57 Å². The standard InChI is InChI=1S/C12H18F3N/c1-5-10(12(13,14)15)8-7-9(3)11(6-2)16-4/h5,7-8,11,16H,1,6H2,2-4H3/b9-7+,10-8+. The van der Waals surface area contributed by atoms with Crippen LogP contribution >= 0.6 is 0 Å². The van der Waals surface area contributed by atoms with Crippen LogP contribution in [0.4, 0.5) is 13.2 Å². The summed E-state index contributed by atoms with van der Waals surface area (Å²) in [7, 11) is 1.79. The number of hydrogen-bond acceptors (Lipinski definition) is 1. The van der Waals surface area contributed by atoms with Gasteiger partial charge >= 0.3 is 6.18 Å². The lowest BCUT2D eigenvalue weighted by Crippen LogP contribution is -2.25. The zero-order valence-electron chi connectivity index (χ0n) is 9.86. The van der Waals surface area contributed by atoms with Gasteiger partial charge in [0.2, 0.25) is 0 Å². The van der Waals surface area contributed by atoms with Crippen LogP contribution in [0.3, 0.4) is 0 Å². The van der Waals surface area contributed by atoms with Crippen molar-refractivity contribution >= 4 is 0 Å². The summed E-state index contributed by atoms with van der Waals surface area (Å²) in [5, 5.41) is 3.03. The van der Waals surface area contributed by atoms with Crippen LogP contribution in [0.25, 0.3) is 0 Å². The van der Waals surface area contributed by atoms with E-state index in [1.807, 2.05) is 6.92 Å². The maximum absolute atomic E-state index is 12.4. The Kier molecular flexibility index (Phi) is 6.11. The Bertz CT molecular complexity index is 283. The van der Waals surface area contributed by atoms with Crippen LogP contribution < -0.4 is 5.32 Å². The highest BCUT2D eigenvalue weighted by atomic mass is 19.4. The Hall–Kier alpha value is -1.03. The van der Waals surface area contributed by atoms with Crippen LogP contribution in [0.1, 0.15) is 20.3 Å². The monoisotopic (exact) mass is 233 g/mol. The van der Waals surface area contributed by atoms with Crippen molar-refractivity contribution in [2.75, 3.05) is 7.05 Å². The number of allylic oxidation sites excluding steroid dienone is 4. The number of halogens is 3. The summed E-state index contributed by atoms with van der Waals surface area (Å²) in [4.78, 5) is 0. The summed E-state index contributed by atoms with van der Waals surface area (Å²) in [5.41, 5.74) is 0.145. The van der Waals surface area contributed by atoms with E-state index in [2.05, 4.69) is 11.9 Å². The average molecular weight is 233 g/mol. The van der Waals surface area contributed by atoms with Gasteiger partial charge in [-0.3, -0.25) is 0 Å². The van der Waals surface area contributed by atoms with Crippen molar-refractivity contribution in [2.45, 2.75) is 32.5 Å². The molecule has 0 aromatic rings. The first kappa shape index (κ1) is 15.0. The summed E-state index contributed by atoms with van der Waals surface area (Å²) in [6.07, 6.45) is -0.135. The van der Waals surface area contributed by atoms with Gasteiger partial charge in [-0.2, -0.15) is 13.2 Å². The molecular weight excluding hydrogens is 215 g/mol. The summed E-state index contributed by atoms with van der Waals surface area (Å²) in [5.74, 6) is 0. The van der Waals surface area contributed by atoms with E-state index in [4.69, 9.17) is 0 Å². The third-order valence-electron chi connectivity index (χ3n) is 2.38. The quantitative estimate of drug-likeness (QED) is 0.715. The van der Waals surface area contributed by atoms with Gasteiger partial charge < -0.3 is 5.32 Å². The Balaban J connectivity index is 4.89. The molecule has 0 amide bonds. The Morgan fingerprint density at radius 1 is 1.38 bits per heavy atom. The third-order valence-corrected chi connectivity index (χ3v) is 2.38. The van der Waals surface area contributed by atoms with Crippen LogP contribution in [0, 0.1) is 0 Å². The first-order valence-corrected chi connectivity index (χ1v) is 5.12. The highest BCUT2D eigenvalue weighted by molar-refractivity contribution is 5.29. The fourth-order valence-electron chi connectivity index (χ4n) is 1.37. The van der Waals surface area contributed by atoms with Gasteiger partial charge in [0.25, 0.3) is 0 Å². The molecule has 0 aliphatic heterocycles. The van der Waals surface area contributed by atoms with Gasteiger partial charge in [-0.25, -0.2) is 0 Å². The first-order chi connectivity index (χ1) is 7.36. The number of nitrogens with one attached hydrogen (secondary N) is 1. The number of rotatable bonds is 5. The van der Waals surface area contributed by atoms with Crippen LogP contribution in [0.5, 0.6) is 0 Å². The predicted molar refractivity (Wildman–Crippen MR) is 61.2 cm³/mol. The van der Waals surface area contributed by atoms with Crippen molar-refractivity contribution in [1.82, 2.24) is 5.32 Å². The summed E-state index contributed by atoms with van der Waals surface area (Å²) in [6, 6.07) is 0.107. The van der Waals surface area contributed by atoms with Crippen molar-refractivity contribution in [1.29, 1.82) is 0 Å². The molecule has 0 spiro atoms. The molecular formula is C12H18F3N. The lowest BCUT2D eigenvalue weighted by Gasteiger charge is -2.14. The van der Waals surface area contributed by atoms with E-state index in [1.54, 1.807) is 14.0 Å². The lowest BCUT2D eigenvalue weighted by atomic mass is 10.1. The molecule has 0 saturated carbocycles. The molecule has 92 valence electrons. The summed E-state index contributed by atoms with van der Waals surface area (Å²) >= 11 is 0. The molecule has 0 aromatic carbocycles. The van der Waals surface area contributed by atoms with Crippen molar-refractivity contribution < 1.29 is 13.2 Å². The topological polar surface area (TPSA) is 12.0 Å². The molecule has 1 unspecified atom stereocenters. The molecule has 0 aliphatic rings. The predicted octanol–water partition coefficient (Wildman–Crippen LogP) is 3.61. The van der Waals surface area contributed by atoms with Crippen molar-refractivity contribution in [2.24, 2.45) is 0 Å². The fraction of sp³-hybridized carbons (Fsp3) is 0.500. The van der Waals surface area contributed by atoms with Gasteiger partial charge in [0, 0.05) is 6.04 Å². The van der Waals surface area contributed by atoms with E-state index in [-0.39, 0.29) is 6.04 Å². The Morgan fingerprint density at radius 2 is 1.94 bits per heavy atom. The Morgan fingerprint density at radius 3 is 2.25 bits per heavy atom. The molecule has 4 heteroatoms. The molecule has 0 fully saturated rings. The van der Waals surface area contributed by atoms with E-state index in [9.17, 15) is 13.2 Å². The molecule has 0 heterocycles. The zero-order valence-corrected chi connectivity index (χ0v) is 9.86. The minimum atomic E-state index is -4.33. The maximum Gasteiger partial charge on any atom is 0.416 e. The van der Waals surface area contributed by atoms with Gasteiger partial charge in [-0.1, -0.05) is 37.3 Å². The van der Waals surface area contributed by atoms with Gasteiger partial charge in [-0.05, 0) is 20.4 Å². The maximum atomic E-state index is 12.4. The SMILES string of the molecule is C=C/C(=C\C=C(/C)C(CC)NC)C(F)(F)F. The van der Waals surface area contributed by atoms with Crippen molar-refractivity contribution in [3.63, 3.8) is 0 Å². The van der Waals surface area contributed by atoms with Crippen molar-refractivity contribution in [3.8, 4) is 0 Å². The van der Waals surface area contributed by atoms with Crippen LogP contribution in [-0.4, -0.2) is 19.3 Å². The highest BCUT2D eigenvalue weighted by Crippen LogP contribution is 2.26. The smallest absolute Gasteiger partial charge is 0.313 e. The molecule has 0 radical (unpaired) electrons. The first-order valence-electron chi connectivity index (χ1n) is 5.12. The van der Waals surface area contributed by atoms with Gasteiger partial charge in [0.15, 0.2) is 0 Å². The van der Waals surface area contributed by atoms with E-state index >= 15 is 0 Å². The Labute approximate surface area is 94.7 Å². The average Bonchev–Trinajstić information content (AvgIpc) is 2.18. The van der Waals surface area contributed by atoms with Crippen molar-refractivity contribution in [3.05, 3.63) is 36.0 Å². The number of hydrogen-bond donors (Lipinski definition) is 1. The molecule has 1 atom stereocenters. The zero-order chi connectivity index (χ0) is 12.8. The van der Waals surface area contributed by atoms with Crippen LogP contribution in [-0.2, 0) is 0 Å². The van der Waals surface area contributed by atoms with E-state index < -0.39 is 11.7 Å². The number of alkyl halides is 3. The largest absolute Gasteiger partial charge is 0.416 e. The molecule has 0 aliphatic carbocycles. The minimum absolute atomic E-state index is 0.107. The van der Waals surface area contributed by atoms with Crippen LogP contribution in [0.2, 0.25) is 0 Å². The van der Waals surface area contributed by atoms with Crippen LogP contribution in [0.15, 0.2) is 36.0 Å². The summed E-state index contributed by atoms with van der Waals surface area (Å²) < 4.78 is 37.1. The summed E-state index contributed by atoms with van der Waals surface area (Å²) in [6.45, 7) is 6.93. The molecule has 1 nitrogen and oxygen atoms in total. The molecule has 0 rings (SSSR count). The number of likely N-dealkylation sites (N-methyl/N-ethyl adjacent to an activating group) is 1. The normalized spacial score (nSPS) is 16.1. The lowest BCUT2D eigenvalue weighted by molar-refractivity contribution is -0.0881.